The van der Waals surface area contributed by atoms with E-state index in [0.717, 1.165) is 29.5 Å². The number of nitrogens with zero attached hydrogens (tertiary/aromatic N) is 2. The topological polar surface area (TPSA) is 66.9 Å². The van der Waals surface area contributed by atoms with Crippen molar-refractivity contribution in [3.8, 4) is 5.75 Å². The summed E-state index contributed by atoms with van der Waals surface area (Å²) < 4.78 is 5.10. The molecule has 1 aliphatic heterocycles. The highest BCUT2D eigenvalue weighted by Gasteiger charge is 2.37. The molecule has 2 rings (SSSR count). The van der Waals surface area contributed by atoms with Gasteiger partial charge in [-0.1, -0.05) is 31.5 Å². The second kappa shape index (κ2) is 9.80. The standard InChI is InChI=1S/C19H23ClN2O4S/c1-4-8-21(9-5-2)17(23)12-22-18(24)16(27-19(22)25)11-13-6-7-15(26-3)14(20)10-13/h6-7,10-11H,4-5,8-9,12H2,1-3H3/b16-11-. The number of hydrogen-bond donors (Lipinski definition) is 0. The summed E-state index contributed by atoms with van der Waals surface area (Å²) in [5.41, 5.74) is 0.677. The minimum Gasteiger partial charge on any atom is -0.495 e. The number of benzene rings is 1. The molecule has 1 aliphatic rings. The maximum Gasteiger partial charge on any atom is 0.294 e. The van der Waals surface area contributed by atoms with Crippen LogP contribution in [-0.2, 0) is 9.59 Å². The van der Waals surface area contributed by atoms with Crippen molar-refractivity contribution in [3.05, 3.63) is 33.7 Å². The SMILES string of the molecule is CCCN(CCC)C(=O)CN1C(=O)S/C(=C\c2ccc(OC)c(Cl)c2)C1=O. The van der Waals surface area contributed by atoms with Gasteiger partial charge in [0.25, 0.3) is 11.1 Å². The van der Waals surface area contributed by atoms with Crippen molar-refractivity contribution in [1.29, 1.82) is 0 Å². The third-order valence-electron chi connectivity index (χ3n) is 3.98. The van der Waals surface area contributed by atoms with E-state index in [1.165, 1.54) is 7.11 Å². The van der Waals surface area contributed by atoms with Gasteiger partial charge in [0.15, 0.2) is 0 Å². The average molecular weight is 411 g/mol. The lowest BCUT2D eigenvalue weighted by Gasteiger charge is -2.23. The van der Waals surface area contributed by atoms with E-state index < -0.39 is 11.1 Å². The molecule has 27 heavy (non-hydrogen) atoms. The van der Waals surface area contributed by atoms with Gasteiger partial charge in [0.2, 0.25) is 5.91 Å². The number of carbonyl (C=O) groups excluding carboxylic acids is 3. The Morgan fingerprint density at radius 3 is 2.48 bits per heavy atom. The fraction of sp³-hybridized carbons (Fsp3) is 0.421. The molecular formula is C19H23ClN2O4S. The zero-order chi connectivity index (χ0) is 20.0. The molecule has 146 valence electrons. The van der Waals surface area contributed by atoms with Crippen LogP contribution in [0.3, 0.4) is 0 Å². The number of amides is 3. The number of imide groups is 1. The van der Waals surface area contributed by atoms with Crippen molar-refractivity contribution in [2.45, 2.75) is 26.7 Å². The van der Waals surface area contributed by atoms with Crippen LogP contribution in [-0.4, -0.2) is 53.6 Å². The molecule has 0 aliphatic carbocycles. The van der Waals surface area contributed by atoms with Crippen molar-refractivity contribution in [2.75, 3.05) is 26.7 Å². The summed E-state index contributed by atoms with van der Waals surface area (Å²) in [6.07, 6.45) is 3.24. The summed E-state index contributed by atoms with van der Waals surface area (Å²) in [6, 6.07) is 5.09. The van der Waals surface area contributed by atoms with Crippen LogP contribution in [0.15, 0.2) is 23.1 Å². The molecule has 1 aromatic rings. The van der Waals surface area contributed by atoms with Gasteiger partial charge in [0.1, 0.15) is 12.3 Å². The van der Waals surface area contributed by atoms with E-state index >= 15 is 0 Å². The largest absolute Gasteiger partial charge is 0.495 e. The van der Waals surface area contributed by atoms with Crippen LogP contribution < -0.4 is 4.74 Å². The zero-order valence-electron chi connectivity index (χ0n) is 15.7. The van der Waals surface area contributed by atoms with Gasteiger partial charge in [-0.15, -0.1) is 0 Å². The number of carbonyl (C=O) groups is 3. The van der Waals surface area contributed by atoms with Crippen LogP contribution >= 0.6 is 23.4 Å². The molecule has 6 nitrogen and oxygen atoms in total. The summed E-state index contributed by atoms with van der Waals surface area (Å²) in [5, 5.41) is -0.0254. The van der Waals surface area contributed by atoms with Crippen molar-refractivity contribution >= 4 is 46.5 Å². The van der Waals surface area contributed by atoms with Gasteiger partial charge in [-0.3, -0.25) is 19.3 Å². The van der Waals surface area contributed by atoms with E-state index in [0.29, 0.717) is 29.4 Å². The summed E-state index contributed by atoms with van der Waals surface area (Å²) in [6.45, 7) is 4.97. The van der Waals surface area contributed by atoms with Gasteiger partial charge in [-0.2, -0.15) is 0 Å². The van der Waals surface area contributed by atoms with E-state index in [-0.39, 0.29) is 17.4 Å². The third kappa shape index (κ3) is 5.26. The van der Waals surface area contributed by atoms with Gasteiger partial charge in [0.05, 0.1) is 17.0 Å². The fourth-order valence-corrected chi connectivity index (χ4v) is 3.80. The number of methoxy groups -OCH3 is 1. The van der Waals surface area contributed by atoms with Gasteiger partial charge < -0.3 is 9.64 Å². The summed E-state index contributed by atoms with van der Waals surface area (Å²) >= 11 is 6.92. The highest BCUT2D eigenvalue weighted by Crippen LogP contribution is 2.33. The Bertz CT molecular complexity index is 760. The molecule has 1 aromatic carbocycles. The Hall–Kier alpha value is -1.99. The number of thioether (sulfide) groups is 1. The van der Waals surface area contributed by atoms with Crippen LogP contribution in [0.2, 0.25) is 5.02 Å². The lowest BCUT2D eigenvalue weighted by Crippen LogP contribution is -2.42. The van der Waals surface area contributed by atoms with E-state index in [9.17, 15) is 14.4 Å². The number of ether oxygens (including phenoxy) is 1. The summed E-state index contributed by atoms with van der Waals surface area (Å²) in [5.74, 6) is -0.146. The molecule has 0 atom stereocenters. The second-order valence-corrected chi connectivity index (χ2v) is 7.44. The molecular weight excluding hydrogens is 388 g/mol. The second-order valence-electron chi connectivity index (χ2n) is 6.04. The lowest BCUT2D eigenvalue weighted by molar-refractivity contribution is -0.135. The van der Waals surface area contributed by atoms with E-state index in [2.05, 4.69) is 0 Å². The summed E-state index contributed by atoms with van der Waals surface area (Å²) in [7, 11) is 1.52. The molecule has 0 N–H and O–H groups in total. The maximum atomic E-state index is 12.6. The van der Waals surface area contributed by atoms with Crippen molar-refractivity contribution in [3.63, 3.8) is 0 Å². The van der Waals surface area contributed by atoms with Crippen LogP contribution in [0.5, 0.6) is 5.75 Å². The minimum absolute atomic E-state index is 0.213. The first kappa shape index (κ1) is 21.3. The van der Waals surface area contributed by atoms with E-state index in [4.69, 9.17) is 16.3 Å². The highest BCUT2D eigenvalue weighted by molar-refractivity contribution is 8.18. The molecule has 1 heterocycles. The molecule has 1 fully saturated rings. The number of hydrogen-bond acceptors (Lipinski definition) is 5. The van der Waals surface area contributed by atoms with Crippen LogP contribution in [0, 0.1) is 0 Å². The summed E-state index contributed by atoms with van der Waals surface area (Å²) in [4.78, 5) is 40.3. The first-order chi connectivity index (χ1) is 12.9. The minimum atomic E-state index is -0.460. The fourth-order valence-electron chi connectivity index (χ4n) is 2.70. The Morgan fingerprint density at radius 1 is 1.26 bits per heavy atom. The molecule has 3 amide bonds. The molecule has 0 radical (unpaired) electrons. The smallest absolute Gasteiger partial charge is 0.294 e. The maximum absolute atomic E-state index is 12.6. The Labute approximate surface area is 168 Å². The number of rotatable bonds is 8. The molecule has 0 aromatic heterocycles. The normalized spacial score (nSPS) is 15.6. The van der Waals surface area contributed by atoms with Crippen LogP contribution in [0.4, 0.5) is 4.79 Å². The van der Waals surface area contributed by atoms with Crippen molar-refractivity contribution < 1.29 is 19.1 Å². The van der Waals surface area contributed by atoms with Crippen LogP contribution in [0.25, 0.3) is 6.08 Å². The van der Waals surface area contributed by atoms with E-state index in [1.54, 1.807) is 29.2 Å². The number of halogens is 1. The lowest BCUT2D eigenvalue weighted by atomic mass is 10.2. The van der Waals surface area contributed by atoms with Crippen molar-refractivity contribution in [1.82, 2.24) is 9.80 Å². The van der Waals surface area contributed by atoms with Gasteiger partial charge in [-0.05, 0) is 48.4 Å². The average Bonchev–Trinajstić information content (AvgIpc) is 2.89. The monoisotopic (exact) mass is 410 g/mol. The van der Waals surface area contributed by atoms with Gasteiger partial charge in [-0.25, -0.2) is 0 Å². The molecule has 0 unspecified atom stereocenters. The quantitative estimate of drug-likeness (QED) is 0.605. The molecule has 8 heteroatoms. The Balaban J connectivity index is 2.14. The molecule has 1 saturated heterocycles. The van der Waals surface area contributed by atoms with Gasteiger partial charge in [0, 0.05) is 13.1 Å². The Morgan fingerprint density at radius 2 is 1.93 bits per heavy atom. The molecule has 0 spiro atoms. The molecule has 0 saturated carbocycles. The van der Waals surface area contributed by atoms with Crippen molar-refractivity contribution in [2.24, 2.45) is 0 Å². The highest BCUT2D eigenvalue weighted by atomic mass is 35.5. The Kier molecular flexibility index (Phi) is 7.74. The van der Waals surface area contributed by atoms with E-state index in [1.807, 2.05) is 13.8 Å². The third-order valence-corrected chi connectivity index (χ3v) is 5.18. The molecule has 0 bridgehead atoms. The van der Waals surface area contributed by atoms with Gasteiger partial charge >= 0.3 is 0 Å². The predicted octanol–water partition coefficient (Wildman–Crippen LogP) is 4.03. The first-order valence-corrected chi connectivity index (χ1v) is 9.97. The van der Waals surface area contributed by atoms with Crippen LogP contribution in [0.1, 0.15) is 32.3 Å². The predicted molar refractivity (Wildman–Crippen MR) is 108 cm³/mol. The zero-order valence-corrected chi connectivity index (χ0v) is 17.2. The first-order valence-electron chi connectivity index (χ1n) is 8.77.